The molecule has 6 N–H and O–H groups in total. The maximum Gasteiger partial charge on any atom is 0.244 e. The Morgan fingerprint density at radius 3 is 2.00 bits per heavy atom. The Morgan fingerprint density at radius 1 is 0.852 bits per heavy atom. The highest BCUT2D eigenvalue weighted by Crippen LogP contribution is 2.05. The van der Waals surface area contributed by atoms with Gasteiger partial charge in [-0.25, -0.2) is 0 Å². The Labute approximate surface area is 165 Å². The van der Waals surface area contributed by atoms with Gasteiger partial charge in [0.2, 0.25) is 11.8 Å². The highest BCUT2D eigenvalue weighted by Gasteiger charge is 2.20. The second-order valence-corrected chi connectivity index (χ2v) is 7.14. The first-order valence-electron chi connectivity index (χ1n) is 10.7. The van der Waals surface area contributed by atoms with Gasteiger partial charge < -0.3 is 21.7 Å². The van der Waals surface area contributed by atoms with E-state index in [1.54, 1.807) is 0 Å². The van der Waals surface area contributed by atoms with Gasteiger partial charge in [0.05, 0.1) is 0 Å². The fourth-order valence-corrected chi connectivity index (χ4v) is 2.82. The van der Waals surface area contributed by atoms with Gasteiger partial charge in [0.1, 0.15) is 6.04 Å². The van der Waals surface area contributed by atoms with E-state index in [4.69, 9.17) is 11.1 Å². The quantitative estimate of drug-likeness (QED) is 0.151. The summed E-state index contributed by atoms with van der Waals surface area (Å²) in [6.07, 6.45) is 12.7. The van der Waals surface area contributed by atoms with Crippen LogP contribution in [0.25, 0.3) is 0 Å². The third-order valence-electron chi connectivity index (χ3n) is 4.49. The number of hydrogen-bond acceptors (Lipinski definition) is 3. The summed E-state index contributed by atoms with van der Waals surface area (Å²) in [6, 6.07) is -0.711. The minimum Gasteiger partial charge on any atom is -0.370 e. The number of guanidine groups is 1. The van der Waals surface area contributed by atoms with Crippen LogP contribution in [-0.2, 0) is 9.59 Å². The molecule has 0 aliphatic rings. The van der Waals surface area contributed by atoms with Gasteiger partial charge in [0, 0.05) is 19.5 Å². The van der Waals surface area contributed by atoms with Crippen LogP contribution in [0.15, 0.2) is 0 Å². The molecule has 0 aliphatic heterocycles. The first-order chi connectivity index (χ1) is 13.0. The molecule has 2 amide bonds. The Hall–Kier alpha value is -1.79. The molecule has 0 radical (unpaired) electrons. The van der Waals surface area contributed by atoms with Crippen LogP contribution in [0.2, 0.25) is 0 Å². The molecule has 0 aromatic rings. The standard InChI is InChI=1S/C20H41N5O2/c1-3-5-7-9-11-13-15-23-19(27)17(16-24-20(21)22)25-18(26)14-12-10-8-6-4-2/h17H,3-16H2,1-2H3,(H,23,27)(H,25,26)(H4,21,22,24). The number of amides is 2. The predicted molar refractivity (Wildman–Crippen MR) is 112 cm³/mol. The molecule has 7 nitrogen and oxygen atoms in total. The van der Waals surface area contributed by atoms with Crippen LogP contribution in [0.5, 0.6) is 0 Å². The summed E-state index contributed by atoms with van der Waals surface area (Å²) in [7, 11) is 0. The zero-order chi connectivity index (χ0) is 20.3. The van der Waals surface area contributed by atoms with Gasteiger partial charge >= 0.3 is 0 Å². The number of carbonyl (C=O) groups is 2. The van der Waals surface area contributed by atoms with Crippen LogP contribution in [0, 0.1) is 5.41 Å². The van der Waals surface area contributed by atoms with Gasteiger partial charge in [-0.15, -0.1) is 0 Å². The van der Waals surface area contributed by atoms with Gasteiger partial charge in [0.25, 0.3) is 0 Å². The van der Waals surface area contributed by atoms with Crippen molar-refractivity contribution in [1.29, 1.82) is 5.41 Å². The van der Waals surface area contributed by atoms with E-state index in [1.807, 2.05) is 0 Å². The van der Waals surface area contributed by atoms with Gasteiger partial charge in [0.15, 0.2) is 5.96 Å². The third kappa shape index (κ3) is 16.1. The highest BCUT2D eigenvalue weighted by atomic mass is 16.2. The molecule has 0 saturated heterocycles. The lowest BCUT2D eigenvalue weighted by Gasteiger charge is -2.19. The maximum atomic E-state index is 12.4. The van der Waals surface area contributed by atoms with Crippen molar-refractivity contribution in [3.05, 3.63) is 0 Å². The van der Waals surface area contributed by atoms with E-state index in [-0.39, 0.29) is 24.3 Å². The summed E-state index contributed by atoms with van der Waals surface area (Å²) in [6.45, 7) is 5.08. The van der Waals surface area contributed by atoms with Gasteiger partial charge in [-0.05, 0) is 12.8 Å². The first-order valence-corrected chi connectivity index (χ1v) is 10.7. The molecule has 7 heteroatoms. The molecule has 0 bridgehead atoms. The van der Waals surface area contributed by atoms with Crippen LogP contribution in [-0.4, -0.2) is 36.9 Å². The Morgan fingerprint density at radius 2 is 1.41 bits per heavy atom. The van der Waals surface area contributed by atoms with E-state index in [2.05, 4.69) is 29.8 Å². The molecule has 0 rings (SSSR count). The van der Waals surface area contributed by atoms with Crippen LogP contribution in [0.1, 0.15) is 90.9 Å². The van der Waals surface area contributed by atoms with Crippen LogP contribution in [0.3, 0.4) is 0 Å². The van der Waals surface area contributed by atoms with Crippen molar-refractivity contribution < 1.29 is 9.59 Å². The molecule has 27 heavy (non-hydrogen) atoms. The van der Waals surface area contributed by atoms with Gasteiger partial charge in [-0.1, -0.05) is 71.6 Å². The normalized spacial score (nSPS) is 11.6. The van der Waals surface area contributed by atoms with Crippen molar-refractivity contribution in [2.75, 3.05) is 13.1 Å². The average molecular weight is 384 g/mol. The number of nitrogens with one attached hydrogen (secondary N) is 4. The minimum atomic E-state index is -0.711. The number of rotatable bonds is 17. The Kier molecular flexibility index (Phi) is 16.4. The molecule has 158 valence electrons. The van der Waals surface area contributed by atoms with Gasteiger partial charge in [-0.3, -0.25) is 15.0 Å². The summed E-state index contributed by atoms with van der Waals surface area (Å²) in [5.41, 5.74) is 5.31. The van der Waals surface area contributed by atoms with E-state index in [1.165, 1.54) is 38.5 Å². The van der Waals surface area contributed by atoms with E-state index in [0.717, 1.165) is 32.1 Å². The van der Waals surface area contributed by atoms with Crippen LogP contribution in [0.4, 0.5) is 0 Å². The van der Waals surface area contributed by atoms with Gasteiger partial charge in [-0.2, -0.15) is 0 Å². The third-order valence-corrected chi connectivity index (χ3v) is 4.49. The number of carbonyl (C=O) groups excluding carboxylic acids is 2. The summed E-state index contributed by atoms with van der Waals surface area (Å²) in [5.74, 6) is -0.564. The zero-order valence-corrected chi connectivity index (χ0v) is 17.4. The van der Waals surface area contributed by atoms with Crippen LogP contribution >= 0.6 is 0 Å². The predicted octanol–water partition coefficient (Wildman–Crippen LogP) is 2.79. The second-order valence-electron chi connectivity index (χ2n) is 7.14. The molecule has 0 aromatic carbocycles. The van der Waals surface area contributed by atoms with E-state index in [0.29, 0.717) is 13.0 Å². The Bertz CT molecular complexity index is 415. The van der Waals surface area contributed by atoms with E-state index >= 15 is 0 Å². The average Bonchev–Trinajstić information content (AvgIpc) is 2.63. The summed E-state index contributed by atoms with van der Waals surface area (Å²) < 4.78 is 0. The molecule has 1 atom stereocenters. The van der Waals surface area contributed by atoms with Crippen molar-refractivity contribution in [3.8, 4) is 0 Å². The lowest BCUT2D eigenvalue weighted by Crippen LogP contribution is -2.53. The zero-order valence-electron chi connectivity index (χ0n) is 17.4. The number of hydrogen-bond donors (Lipinski definition) is 5. The van der Waals surface area contributed by atoms with Crippen molar-refractivity contribution in [1.82, 2.24) is 16.0 Å². The summed E-state index contributed by atoms with van der Waals surface area (Å²) in [5, 5.41) is 15.5. The fourth-order valence-electron chi connectivity index (χ4n) is 2.82. The number of unbranched alkanes of at least 4 members (excludes halogenated alkanes) is 9. The van der Waals surface area contributed by atoms with Crippen molar-refractivity contribution >= 4 is 17.8 Å². The summed E-state index contributed by atoms with van der Waals surface area (Å²) in [4.78, 5) is 24.5. The fraction of sp³-hybridized carbons (Fsp3) is 0.850. The number of nitrogens with two attached hydrogens (primary N) is 1. The van der Waals surface area contributed by atoms with Crippen molar-refractivity contribution in [2.24, 2.45) is 5.73 Å². The molecule has 0 aliphatic carbocycles. The topological polar surface area (TPSA) is 120 Å². The maximum absolute atomic E-state index is 12.4. The SMILES string of the molecule is CCCCCCCCNC(=O)C(CNC(=N)N)NC(=O)CCCCCCC. The summed E-state index contributed by atoms with van der Waals surface area (Å²) >= 11 is 0. The lowest BCUT2D eigenvalue weighted by atomic mass is 10.1. The monoisotopic (exact) mass is 383 g/mol. The van der Waals surface area contributed by atoms with E-state index in [9.17, 15) is 9.59 Å². The smallest absolute Gasteiger partial charge is 0.244 e. The van der Waals surface area contributed by atoms with E-state index < -0.39 is 6.04 Å². The minimum absolute atomic E-state index is 0.124. The highest BCUT2D eigenvalue weighted by molar-refractivity contribution is 5.88. The second kappa shape index (κ2) is 17.6. The molecule has 0 aromatic heterocycles. The van der Waals surface area contributed by atoms with Crippen molar-refractivity contribution in [3.63, 3.8) is 0 Å². The molecule has 1 unspecified atom stereocenters. The molecular weight excluding hydrogens is 342 g/mol. The van der Waals surface area contributed by atoms with Crippen molar-refractivity contribution in [2.45, 2.75) is 96.9 Å². The first kappa shape index (κ1) is 25.2. The molecule has 0 fully saturated rings. The molecule has 0 spiro atoms. The van der Waals surface area contributed by atoms with Crippen LogP contribution < -0.4 is 21.7 Å². The lowest BCUT2D eigenvalue weighted by molar-refractivity contribution is -0.128. The molecule has 0 heterocycles. The Balaban J connectivity index is 4.17. The molecule has 0 saturated carbocycles. The largest absolute Gasteiger partial charge is 0.370 e. The molecular formula is C20H41N5O2.